The van der Waals surface area contributed by atoms with Crippen molar-refractivity contribution in [3.63, 3.8) is 0 Å². The zero-order valence-electron chi connectivity index (χ0n) is 37.9. The van der Waals surface area contributed by atoms with Gasteiger partial charge in [-0.1, -0.05) is 45.1 Å². The number of carbonyl (C=O) groups excluding carboxylic acids is 2. The van der Waals surface area contributed by atoms with Gasteiger partial charge in [0.2, 0.25) is 0 Å². The van der Waals surface area contributed by atoms with E-state index in [1.165, 1.54) is 0 Å². The maximum atomic E-state index is 13.8. The molecule has 1 amide bonds. The third-order valence-corrected chi connectivity index (χ3v) is 11.8. The second kappa shape index (κ2) is 23.6. The summed E-state index contributed by atoms with van der Waals surface area (Å²) >= 11 is 0. The molecule has 2 fully saturated rings. The van der Waals surface area contributed by atoms with Crippen LogP contribution in [0.15, 0.2) is 36.0 Å². The highest BCUT2D eigenvalue weighted by atomic mass is 16.7. The Morgan fingerprint density at radius 3 is 2.31 bits per heavy atom. The van der Waals surface area contributed by atoms with Crippen LogP contribution in [0.3, 0.4) is 0 Å². The molecule has 0 aliphatic carbocycles. The Kier molecular flexibility index (Phi) is 20.3. The molecule has 0 aromatic rings. The SMILES string of the molecule is CCOC(C)OC(C)(/C=C/C=C(\C)C1OC(=O)CC(O)CCC(C)(OC(C)OCC)C(OC(=O)N2CCN(C(C)C)CC2)/C=C/C1C)CC1OC1C(C)C(CC)OC. The number of aliphatic hydroxyl groups excluding tert-OH is 1. The third kappa shape index (κ3) is 15.3. The second-order valence-corrected chi connectivity index (χ2v) is 17.0. The summed E-state index contributed by atoms with van der Waals surface area (Å²) in [5.74, 6) is -0.607. The van der Waals surface area contributed by atoms with E-state index < -0.39 is 54.2 Å². The Balaban J connectivity index is 1.92. The van der Waals surface area contributed by atoms with Crippen molar-refractivity contribution in [2.24, 2.45) is 11.8 Å². The van der Waals surface area contributed by atoms with Gasteiger partial charge in [0.25, 0.3) is 0 Å². The molecule has 3 aliphatic heterocycles. The van der Waals surface area contributed by atoms with E-state index in [1.54, 1.807) is 18.9 Å². The average molecular weight is 823 g/mol. The van der Waals surface area contributed by atoms with Crippen molar-refractivity contribution < 1.29 is 52.6 Å². The van der Waals surface area contributed by atoms with E-state index in [0.29, 0.717) is 45.2 Å². The van der Waals surface area contributed by atoms with E-state index in [4.69, 9.17) is 37.9 Å². The zero-order chi connectivity index (χ0) is 43.2. The molecule has 13 nitrogen and oxygen atoms in total. The molecule has 3 heterocycles. The molecule has 3 aliphatic rings. The molecule has 0 bridgehead atoms. The van der Waals surface area contributed by atoms with Gasteiger partial charge in [0.1, 0.15) is 11.7 Å². The predicted molar refractivity (Wildman–Crippen MR) is 224 cm³/mol. The highest BCUT2D eigenvalue weighted by Gasteiger charge is 2.49. The van der Waals surface area contributed by atoms with Gasteiger partial charge in [-0.3, -0.25) is 9.69 Å². The molecule has 2 saturated heterocycles. The summed E-state index contributed by atoms with van der Waals surface area (Å²) in [6, 6.07) is 0.392. The molecule has 0 radical (unpaired) electrons. The molecule has 13 heteroatoms. The standard InChI is InChI=1S/C45H78N2O11/c1-14-37(51-13)33(8)42-38(54-42)29-44(11,57-34(9)52-15-2)22-17-18-31(6)41-32(7)19-20-39(55-43(50)47-26-24-46(25-27-47)30(4)5)45(12,58-35(10)53-16-3)23-21-36(48)28-40(49)56-41/h17-20,22,30,32-39,41-42,48H,14-16,21,23-29H2,1-13H3/b20-19+,22-17+,31-18+. The number of esters is 1. The van der Waals surface area contributed by atoms with Gasteiger partial charge in [-0.25, -0.2) is 4.79 Å². The lowest BCUT2D eigenvalue weighted by Gasteiger charge is -2.41. The number of aliphatic hydroxyl groups is 1. The van der Waals surface area contributed by atoms with Gasteiger partial charge in [-0.15, -0.1) is 0 Å². The number of hydrogen-bond acceptors (Lipinski definition) is 12. The molecule has 0 spiro atoms. The molecule has 0 aromatic heterocycles. The summed E-state index contributed by atoms with van der Waals surface area (Å²) < 4.78 is 48.8. The monoisotopic (exact) mass is 823 g/mol. The van der Waals surface area contributed by atoms with Gasteiger partial charge in [0, 0.05) is 70.8 Å². The fourth-order valence-electron chi connectivity index (χ4n) is 8.27. The first kappa shape index (κ1) is 50.0. The van der Waals surface area contributed by atoms with Crippen molar-refractivity contribution in [2.45, 2.75) is 182 Å². The van der Waals surface area contributed by atoms with Crippen molar-refractivity contribution in [1.29, 1.82) is 0 Å². The van der Waals surface area contributed by atoms with Crippen LogP contribution in [0.25, 0.3) is 0 Å². The minimum absolute atomic E-state index is 0.00878. The molecule has 0 aromatic carbocycles. The lowest BCUT2D eigenvalue weighted by atomic mass is 9.88. The molecule has 0 saturated carbocycles. The second-order valence-electron chi connectivity index (χ2n) is 17.0. The predicted octanol–water partition coefficient (Wildman–Crippen LogP) is 7.20. The van der Waals surface area contributed by atoms with Crippen LogP contribution in [0, 0.1) is 11.8 Å². The van der Waals surface area contributed by atoms with Crippen LogP contribution in [-0.4, -0.2) is 140 Å². The number of nitrogens with zero attached hydrogens (tertiary/aromatic N) is 2. The van der Waals surface area contributed by atoms with Gasteiger partial charge >= 0.3 is 12.1 Å². The molecule has 12 unspecified atom stereocenters. The molecule has 58 heavy (non-hydrogen) atoms. The zero-order valence-corrected chi connectivity index (χ0v) is 37.9. The Morgan fingerprint density at radius 2 is 1.71 bits per heavy atom. The normalized spacial score (nSPS) is 31.7. The number of ether oxygens (including phenoxy) is 8. The number of cyclic esters (lactones) is 1. The number of amides is 1. The van der Waals surface area contributed by atoms with E-state index in [-0.39, 0.29) is 43.0 Å². The minimum atomic E-state index is -1.08. The van der Waals surface area contributed by atoms with Crippen LogP contribution in [0.4, 0.5) is 4.79 Å². The van der Waals surface area contributed by atoms with Crippen LogP contribution in [-0.2, 0) is 42.7 Å². The highest BCUT2D eigenvalue weighted by Crippen LogP contribution is 2.40. The summed E-state index contributed by atoms with van der Waals surface area (Å²) in [6.07, 6.45) is 7.67. The number of piperazine rings is 1. The lowest BCUT2D eigenvalue weighted by molar-refractivity contribution is -0.222. The van der Waals surface area contributed by atoms with Crippen LogP contribution >= 0.6 is 0 Å². The fourth-order valence-corrected chi connectivity index (χ4v) is 8.27. The first-order chi connectivity index (χ1) is 27.4. The number of methoxy groups -OCH3 is 1. The Bertz CT molecular complexity index is 1350. The summed E-state index contributed by atoms with van der Waals surface area (Å²) in [6.45, 7) is 27.5. The van der Waals surface area contributed by atoms with Gasteiger partial charge in [0.05, 0.1) is 36.4 Å². The Morgan fingerprint density at radius 1 is 1.05 bits per heavy atom. The van der Waals surface area contributed by atoms with Crippen molar-refractivity contribution in [1.82, 2.24) is 9.80 Å². The van der Waals surface area contributed by atoms with E-state index in [9.17, 15) is 14.7 Å². The topological polar surface area (TPSA) is 138 Å². The molecular formula is C45H78N2O11. The van der Waals surface area contributed by atoms with Gasteiger partial charge < -0.3 is 47.9 Å². The van der Waals surface area contributed by atoms with Gasteiger partial charge in [0.15, 0.2) is 18.7 Å². The Hall–Kier alpha value is -2.36. The van der Waals surface area contributed by atoms with Gasteiger partial charge in [-0.05, 0) is 93.2 Å². The summed E-state index contributed by atoms with van der Waals surface area (Å²) in [7, 11) is 1.74. The number of hydrogen-bond donors (Lipinski definition) is 1. The van der Waals surface area contributed by atoms with Crippen molar-refractivity contribution in [3.05, 3.63) is 36.0 Å². The van der Waals surface area contributed by atoms with Crippen LogP contribution in [0.1, 0.15) is 115 Å². The van der Waals surface area contributed by atoms with Crippen LogP contribution in [0.5, 0.6) is 0 Å². The van der Waals surface area contributed by atoms with E-state index in [0.717, 1.165) is 25.1 Å². The summed E-state index contributed by atoms with van der Waals surface area (Å²) in [5, 5.41) is 11.1. The Labute approximate surface area is 349 Å². The number of rotatable bonds is 19. The molecule has 12 atom stereocenters. The minimum Gasteiger partial charge on any atom is -0.457 e. The van der Waals surface area contributed by atoms with E-state index >= 15 is 0 Å². The first-order valence-corrected chi connectivity index (χ1v) is 21.8. The van der Waals surface area contributed by atoms with Gasteiger partial charge in [-0.2, -0.15) is 0 Å². The lowest BCUT2D eigenvalue weighted by Crippen LogP contribution is -2.53. The molecule has 3 rings (SSSR count). The first-order valence-electron chi connectivity index (χ1n) is 21.8. The number of allylic oxidation sites excluding steroid dienone is 2. The average Bonchev–Trinajstić information content (AvgIpc) is 3.92. The molecule has 334 valence electrons. The maximum absolute atomic E-state index is 13.8. The third-order valence-electron chi connectivity index (χ3n) is 11.8. The fraction of sp³-hybridized carbons (Fsp3) is 0.822. The molecule has 1 N–H and O–H groups in total. The van der Waals surface area contributed by atoms with E-state index in [1.807, 2.05) is 78.8 Å². The summed E-state index contributed by atoms with van der Waals surface area (Å²) in [5.41, 5.74) is -1.02. The largest absolute Gasteiger partial charge is 0.457 e. The number of carbonyl (C=O) groups is 2. The van der Waals surface area contributed by atoms with Crippen molar-refractivity contribution in [2.75, 3.05) is 46.5 Å². The van der Waals surface area contributed by atoms with Crippen LogP contribution < -0.4 is 0 Å². The number of epoxide rings is 1. The highest BCUT2D eigenvalue weighted by molar-refractivity contribution is 5.70. The van der Waals surface area contributed by atoms with Crippen molar-refractivity contribution in [3.8, 4) is 0 Å². The quantitative estimate of drug-likeness (QED) is 0.0464. The van der Waals surface area contributed by atoms with Crippen molar-refractivity contribution >= 4 is 12.1 Å². The van der Waals surface area contributed by atoms with E-state index in [2.05, 4.69) is 32.6 Å². The summed E-state index contributed by atoms with van der Waals surface area (Å²) in [4.78, 5) is 31.2. The van der Waals surface area contributed by atoms with Crippen LogP contribution in [0.2, 0.25) is 0 Å². The smallest absolute Gasteiger partial charge is 0.410 e. The maximum Gasteiger partial charge on any atom is 0.410 e. The molecular weight excluding hydrogens is 744 g/mol.